The van der Waals surface area contributed by atoms with Crippen LogP contribution >= 0.6 is 0 Å². The van der Waals surface area contributed by atoms with Gasteiger partial charge in [-0.3, -0.25) is 0 Å². The summed E-state index contributed by atoms with van der Waals surface area (Å²) in [5.41, 5.74) is 4.05. The molecule has 3 heteroatoms. The summed E-state index contributed by atoms with van der Waals surface area (Å²) < 4.78 is 6.51. The Balaban J connectivity index is 1.95. The molecule has 3 nitrogen and oxygen atoms in total. The Bertz CT molecular complexity index is 504. The smallest absolute Gasteiger partial charge is 0.125 e. The van der Waals surface area contributed by atoms with Crippen LogP contribution in [0.2, 0.25) is 0 Å². The first-order chi connectivity index (χ1) is 9.53. The summed E-state index contributed by atoms with van der Waals surface area (Å²) in [7, 11) is 4.27. The molecular weight excluding hydrogens is 248 g/mol. The molecule has 1 aromatic carbocycles. The molecule has 2 heterocycles. The van der Waals surface area contributed by atoms with E-state index in [1.165, 1.54) is 16.7 Å². The van der Waals surface area contributed by atoms with Crippen molar-refractivity contribution in [3.8, 4) is 5.75 Å². The van der Waals surface area contributed by atoms with Gasteiger partial charge < -0.3 is 15.0 Å². The van der Waals surface area contributed by atoms with Gasteiger partial charge in [-0.1, -0.05) is 6.07 Å². The number of hydrogen-bond donors (Lipinski definition) is 1. The van der Waals surface area contributed by atoms with Crippen LogP contribution in [0.4, 0.5) is 0 Å². The summed E-state index contributed by atoms with van der Waals surface area (Å²) in [5.74, 6) is 1.10. The van der Waals surface area contributed by atoms with Crippen molar-refractivity contribution >= 4 is 0 Å². The fourth-order valence-corrected chi connectivity index (χ4v) is 3.52. The molecule has 110 valence electrons. The third-order valence-corrected chi connectivity index (χ3v) is 5.15. The molecular formula is C17H26N2O. The van der Waals surface area contributed by atoms with Crippen molar-refractivity contribution in [3.05, 3.63) is 28.8 Å². The van der Waals surface area contributed by atoms with E-state index in [1.54, 1.807) is 0 Å². The Morgan fingerprint density at radius 3 is 2.50 bits per heavy atom. The van der Waals surface area contributed by atoms with Gasteiger partial charge in [-0.2, -0.15) is 0 Å². The van der Waals surface area contributed by atoms with E-state index in [0.29, 0.717) is 6.04 Å². The number of piperidine rings is 1. The summed E-state index contributed by atoms with van der Waals surface area (Å²) in [6.07, 6.45) is 3.36. The molecule has 1 fully saturated rings. The Kier molecular flexibility index (Phi) is 3.51. The Morgan fingerprint density at radius 1 is 1.20 bits per heavy atom. The van der Waals surface area contributed by atoms with E-state index in [-0.39, 0.29) is 5.60 Å². The number of fused-ring (bicyclic) bond motifs is 1. The predicted molar refractivity (Wildman–Crippen MR) is 82.4 cm³/mol. The first kappa shape index (κ1) is 13.9. The molecule has 0 radical (unpaired) electrons. The second kappa shape index (κ2) is 5.05. The fourth-order valence-electron chi connectivity index (χ4n) is 3.52. The molecule has 0 aliphatic carbocycles. The average molecular weight is 274 g/mol. The van der Waals surface area contributed by atoms with Crippen LogP contribution in [0, 0.1) is 13.8 Å². The molecule has 0 amide bonds. The average Bonchev–Trinajstić information content (AvgIpc) is 2.44. The third-order valence-electron chi connectivity index (χ3n) is 5.15. The third kappa shape index (κ3) is 2.33. The Morgan fingerprint density at radius 2 is 1.85 bits per heavy atom. The monoisotopic (exact) mass is 274 g/mol. The van der Waals surface area contributed by atoms with Gasteiger partial charge in [0.2, 0.25) is 0 Å². The molecule has 2 aliphatic rings. The first-order valence-electron chi connectivity index (χ1n) is 7.69. The van der Waals surface area contributed by atoms with E-state index in [9.17, 15) is 0 Å². The van der Waals surface area contributed by atoms with Gasteiger partial charge in [0.1, 0.15) is 11.4 Å². The number of benzene rings is 1. The molecule has 0 aromatic heterocycles. The lowest BCUT2D eigenvalue weighted by atomic mass is 9.80. The zero-order valence-electron chi connectivity index (χ0n) is 13.1. The van der Waals surface area contributed by atoms with Crippen LogP contribution in [0.15, 0.2) is 12.1 Å². The molecule has 3 rings (SSSR count). The predicted octanol–water partition coefficient (Wildman–Crippen LogP) is 2.81. The highest BCUT2D eigenvalue weighted by Crippen LogP contribution is 2.44. The molecule has 1 spiro atoms. The minimum atomic E-state index is 0.0366. The van der Waals surface area contributed by atoms with Crippen molar-refractivity contribution in [3.63, 3.8) is 0 Å². The topological polar surface area (TPSA) is 24.5 Å². The zero-order valence-corrected chi connectivity index (χ0v) is 13.1. The van der Waals surface area contributed by atoms with Gasteiger partial charge in [-0.25, -0.2) is 0 Å². The zero-order chi connectivity index (χ0) is 14.3. The molecule has 0 bridgehead atoms. The first-order valence-corrected chi connectivity index (χ1v) is 7.69. The van der Waals surface area contributed by atoms with Gasteiger partial charge >= 0.3 is 0 Å². The summed E-state index contributed by atoms with van der Waals surface area (Å²) >= 11 is 0. The number of likely N-dealkylation sites (tertiary alicyclic amines) is 1. The normalized spacial score (nSPS) is 25.3. The number of rotatable bonds is 1. The van der Waals surface area contributed by atoms with E-state index in [1.807, 2.05) is 0 Å². The maximum atomic E-state index is 6.51. The summed E-state index contributed by atoms with van der Waals surface area (Å²) in [4.78, 5) is 2.40. The summed E-state index contributed by atoms with van der Waals surface area (Å²) in [6, 6.07) is 4.95. The van der Waals surface area contributed by atoms with Crippen LogP contribution in [0.5, 0.6) is 5.75 Å². The van der Waals surface area contributed by atoms with Crippen molar-refractivity contribution in [2.75, 3.05) is 27.2 Å². The summed E-state index contributed by atoms with van der Waals surface area (Å²) in [5, 5.41) is 3.50. The van der Waals surface area contributed by atoms with Crippen molar-refractivity contribution in [2.45, 2.75) is 44.8 Å². The van der Waals surface area contributed by atoms with Crippen LogP contribution in [0.3, 0.4) is 0 Å². The minimum absolute atomic E-state index is 0.0366. The van der Waals surface area contributed by atoms with E-state index in [2.05, 4.69) is 50.3 Å². The van der Waals surface area contributed by atoms with Gasteiger partial charge in [-0.05, 0) is 58.0 Å². The number of nitrogens with zero attached hydrogens (tertiary/aromatic N) is 1. The Labute approximate surface area is 122 Å². The van der Waals surface area contributed by atoms with Crippen LogP contribution < -0.4 is 10.1 Å². The van der Waals surface area contributed by atoms with Crippen LogP contribution in [-0.2, 0) is 0 Å². The molecule has 1 atom stereocenters. The molecule has 1 aromatic rings. The minimum Gasteiger partial charge on any atom is -0.487 e. The summed E-state index contributed by atoms with van der Waals surface area (Å²) in [6.45, 7) is 6.62. The number of nitrogens with one attached hydrogen (secondary N) is 1. The highest BCUT2D eigenvalue weighted by molar-refractivity contribution is 5.45. The van der Waals surface area contributed by atoms with E-state index in [4.69, 9.17) is 4.74 Å². The van der Waals surface area contributed by atoms with Gasteiger partial charge in [-0.15, -0.1) is 0 Å². The van der Waals surface area contributed by atoms with Crippen LogP contribution in [0.25, 0.3) is 0 Å². The molecule has 20 heavy (non-hydrogen) atoms. The van der Waals surface area contributed by atoms with E-state index in [0.717, 1.165) is 38.1 Å². The quantitative estimate of drug-likeness (QED) is 0.852. The Hall–Kier alpha value is -1.06. The number of ether oxygens (including phenoxy) is 1. The van der Waals surface area contributed by atoms with Crippen molar-refractivity contribution in [1.29, 1.82) is 0 Å². The van der Waals surface area contributed by atoms with Gasteiger partial charge in [0, 0.05) is 31.1 Å². The van der Waals surface area contributed by atoms with Gasteiger partial charge in [0.25, 0.3) is 0 Å². The highest BCUT2D eigenvalue weighted by Gasteiger charge is 2.42. The molecule has 1 N–H and O–H groups in total. The van der Waals surface area contributed by atoms with Gasteiger partial charge in [0.05, 0.1) is 0 Å². The maximum absolute atomic E-state index is 6.51. The molecule has 1 saturated heterocycles. The van der Waals surface area contributed by atoms with Crippen molar-refractivity contribution in [2.24, 2.45) is 0 Å². The second-order valence-corrected chi connectivity index (χ2v) is 6.61. The standard InChI is InChI=1S/C17H26N2O/c1-12-9-14-15(18-3)11-17(5-7-19(4)8-6-17)20-16(14)10-13(12)2/h9-10,15,18H,5-8,11H2,1-4H3. The van der Waals surface area contributed by atoms with E-state index < -0.39 is 0 Å². The lowest BCUT2D eigenvalue weighted by Crippen LogP contribution is -2.50. The van der Waals surface area contributed by atoms with Gasteiger partial charge in [0.15, 0.2) is 0 Å². The van der Waals surface area contributed by atoms with Crippen molar-refractivity contribution in [1.82, 2.24) is 10.2 Å². The number of aryl methyl sites for hydroxylation is 2. The molecule has 0 saturated carbocycles. The second-order valence-electron chi connectivity index (χ2n) is 6.61. The SMILES string of the molecule is CNC1CC2(CCN(C)CC2)Oc2cc(C)c(C)cc21. The molecule has 1 unspecified atom stereocenters. The molecule has 2 aliphatic heterocycles. The number of hydrogen-bond acceptors (Lipinski definition) is 3. The van der Waals surface area contributed by atoms with Crippen LogP contribution in [-0.4, -0.2) is 37.7 Å². The lowest BCUT2D eigenvalue weighted by molar-refractivity contribution is -0.0195. The highest BCUT2D eigenvalue weighted by atomic mass is 16.5. The largest absolute Gasteiger partial charge is 0.487 e. The maximum Gasteiger partial charge on any atom is 0.125 e. The lowest BCUT2D eigenvalue weighted by Gasteiger charge is -2.46. The van der Waals surface area contributed by atoms with Crippen molar-refractivity contribution < 1.29 is 4.74 Å². The fraction of sp³-hybridized carbons (Fsp3) is 0.647. The van der Waals surface area contributed by atoms with Crippen LogP contribution in [0.1, 0.15) is 42.0 Å². The van der Waals surface area contributed by atoms with E-state index >= 15 is 0 Å².